The summed E-state index contributed by atoms with van der Waals surface area (Å²) in [5.41, 5.74) is 1.60. The summed E-state index contributed by atoms with van der Waals surface area (Å²) in [5, 5.41) is -0.377. The molecule has 0 saturated carbocycles. The van der Waals surface area contributed by atoms with Crippen LogP contribution in [0.3, 0.4) is 0 Å². The van der Waals surface area contributed by atoms with Gasteiger partial charge in [0.1, 0.15) is 17.0 Å². The van der Waals surface area contributed by atoms with Gasteiger partial charge in [-0.05, 0) is 66.2 Å². The second-order valence-electron chi connectivity index (χ2n) is 6.59. The van der Waals surface area contributed by atoms with Gasteiger partial charge in [-0.1, -0.05) is 12.1 Å². The number of nitrogens with zero attached hydrogens (tertiary/aromatic N) is 1. The Kier molecular flexibility index (Phi) is 5.48. The molecule has 1 atom stereocenters. The summed E-state index contributed by atoms with van der Waals surface area (Å²) < 4.78 is 54.0. The van der Waals surface area contributed by atoms with E-state index < -0.39 is 21.7 Å². The second kappa shape index (κ2) is 8.08. The number of nitrogens with one attached hydrogen (secondary N) is 1. The molecule has 0 aromatic heterocycles. The average Bonchev–Trinajstić information content (AvgIpc) is 3.10. The quantitative estimate of drug-likeness (QED) is 0.625. The van der Waals surface area contributed by atoms with Crippen molar-refractivity contribution in [2.75, 3.05) is 15.4 Å². The Morgan fingerprint density at radius 3 is 2.23 bits per heavy atom. The summed E-state index contributed by atoms with van der Waals surface area (Å²) in [6.07, 6.45) is 0. The number of benzene rings is 3. The monoisotopic (exact) mass is 446 g/mol. The molecule has 1 N–H and O–H groups in total. The number of anilines is 2. The zero-order valence-electron chi connectivity index (χ0n) is 15.5. The molecule has 3 aromatic carbocycles. The van der Waals surface area contributed by atoms with E-state index in [9.17, 15) is 22.0 Å². The van der Waals surface area contributed by atoms with Crippen LogP contribution in [-0.4, -0.2) is 20.1 Å². The predicted octanol–water partition coefficient (Wildman–Crippen LogP) is 4.54. The predicted molar refractivity (Wildman–Crippen MR) is 113 cm³/mol. The van der Waals surface area contributed by atoms with Crippen molar-refractivity contribution in [3.63, 3.8) is 0 Å². The van der Waals surface area contributed by atoms with Crippen LogP contribution in [-0.2, 0) is 14.8 Å². The van der Waals surface area contributed by atoms with Crippen molar-refractivity contribution in [3.05, 3.63) is 90.0 Å². The van der Waals surface area contributed by atoms with Crippen LogP contribution >= 0.6 is 11.8 Å². The number of halogens is 2. The fraction of sp³-hybridized carbons (Fsp3) is 0.0952. The van der Waals surface area contributed by atoms with Crippen LogP contribution in [0, 0.1) is 11.6 Å². The van der Waals surface area contributed by atoms with E-state index in [1.165, 1.54) is 48.2 Å². The van der Waals surface area contributed by atoms with E-state index in [-0.39, 0.29) is 21.9 Å². The Hall–Kier alpha value is -2.91. The van der Waals surface area contributed by atoms with Gasteiger partial charge in [0.15, 0.2) is 0 Å². The molecule has 1 aliphatic rings. The summed E-state index contributed by atoms with van der Waals surface area (Å²) in [5.74, 6) is -0.784. The minimum atomic E-state index is -3.90. The van der Waals surface area contributed by atoms with Crippen molar-refractivity contribution in [2.24, 2.45) is 0 Å². The standard InChI is InChI=1S/C21H16F2N2O3S2/c22-15-4-8-18(9-5-15)25-20(26)13-29-21(25)14-2-1-3-17(12-14)24-30(27,28)19-10-6-16(23)7-11-19/h1-12,21,24H,13H2. The summed E-state index contributed by atoms with van der Waals surface area (Å²) in [6, 6.07) is 16.9. The molecular weight excluding hydrogens is 430 g/mol. The highest BCUT2D eigenvalue weighted by Gasteiger charge is 2.34. The van der Waals surface area contributed by atoms with Crippen LogP contribution in [0.1, 0.15) is 10.9 Å². The summed E-state index contributed by atoms with van der Waals surface area (Å²) >= 11 is 1.40. The normalized spacial score (nSPS) is 16.7. The number of carbonyl (C=O) groups excluding carboxylic acids is 1. The molecule has 9 heteroatoms. The molecule has 154 valence electrons. The number of amides is 1. The molecule has 1 unspecified atom stereocenters. The first-order valence-corrected chi connectivity index (χ1v) is 11.4. The molecule has 0 aliphatic carbocycles. The van der Waals surface area contributed by atoms with Gasteiger partial charge in [-0.25, -0.2) is 17.2 Å². The third-order valence-corrected chi connectivity index (χ3v) is 7.13. The minimum absolute atomic E-state index is 0.0624. The van der Waals surface area contributed by atoms with E-state index in [0.717, 1.165) is 17.7 Å². The Morgan fingerprint density at radius 1 is 0.933 bits per heavy atom. The lowest BCUT2D eigenvalue weighted by atomic mass is 10.1. The molecule has 1 aliphatic heterocycles. The summed E-state index contributed by atoms with van der Waals surface area (Å²) in [4.78, 5) is 13.9. The smallest absolute Gasteiger partial charge is 0.261 e. The molecule has 0 radical (unpaired) electrons. The lowest BCUT2D eigenvalue weighted by molar-refractivity contribution is -0.115. The molecule has 0 spiro atoms. The first kappa shape index (κ1) is 20.4. The lowest BCUT2D eigenvalue weighted by Crippen LogP contribution is -2.27. The van der Waals surface area contributed by atoms with Gasteiger partial charge < -0.3 is 0 Å². The van der Waals surface area contributed by atoms with E-state index in [1.54, 1.807) is 29.2 Å². The maximum Gasteiger partial charge on any atom is 0.261 e. The van der Waals surface area contributed by atoms with E-state index >= 15 is 0 Å². The first-order chi connectivity index (χ1) is 14.3. The molecule has 30 heavy (non-hydrogen) atoms. The Bertz CT molecular complexity index is 1180. The van der Waals surface area contributed by atoms with Crippen molar-refractivity contribution in [1.29, 1.82) is 0 Å². The maximum absolute atomic E-state index is 13.3. The van der Waals surface area contributed by atoms with E-state index in [1.807, 2.05) is 0 Å². The van der Waals surface area contributed by atoms with Crippen LogP contribution in [0.5, 0.6) is 0 Å². The molecule has 1 saturated heterocycles. The van der Waals surface area contributed by atoms with Gasteiger partial charge in [-0.15, -0.1) is 11.8 Å². The van der Waals surface area contributed by atoms with Crippen molar-refractivity contribution in [2.45, 2.75) is 10.3 Å². The molecule has 5 nitrogen and oxygen atoms in total. The topological polar surface area (TPSA) is 66.5 Å². The van der Waals surface area contributed by atoms with Gasteiger partial charge in [-0.3, -0.25) is 14.4 Å². The van der Waals surface area contributed by atoms with Gasteiger partial charge in [0.2, 0.25) is 5.91 Å². The zero-order chi connectivity index (χ0) is 21.3. The lowest BCUT2D eigenvalue weighted by Gasteiger charge is -2.24. The largest absolute Gasteiger partial charge is 0.295 e. The van der Waals surface area contributed by atoms with Crippen molar-refractivity contribution < 1.29 is 22.0 Å². The summed E-state index contributed by atoms with van der Waals surface area (Å²) in [7, 11) is -3.90. The highest BCUT2D eigenvalue weighted by Crippen LogP contribution is 2.42. The minimum Gasteiger partial charge on any atom is -0.295 e. The third kappa shape index (κ3) is 4.17. The van der Waals surface area contributed by atoms with Gasteiger partial charge in [0.25, 0.3) is 10.0 Å². The molecule has 4 rings (SSSR count). The third-order valence-electron chi connectivity index (χ3n) is 4.52. The van der Waals surface area contributed by atoms with E-state index in [0.29, 0.717) is 11.4 Å². The van der Waals surface area contributed by atoms with Gasteiger partial charge in [0, 0.05) is 11.4 Å². The number of rotatable bonds is 5. The van der Waals surface area contributed by atoms with Crippen LogP contribution < -0.4 is 9.62 Å². The SMILES string of the molecule is O=C1CSC(c2cccc(NS(=O)(=O)c3ccc(F)cc3)c2)N1c1ccc(F)cc1. The number of sulfonamides is 1. The molecule has 3 aromatic rings. The molecular formula is C21H16F2N2O3S2. The maximum atomic E-state index is 13.3. The highest BCUT2D eigenvalue weighted by atomic mass is 32.2. The number of thioether (sulfide) groups is 1. The van der Waals surface area contributed by atoms with Crippen molar-refractivity contribution in [1.82, 2.24) is 0 Å². The van der Waals surface area contributed by atoms with Gasteiger partial charge >= 0.3 is 0 Å². The van der Waals surface area contributed by atoms with Crippen LogP contribution in [0.2, 0.25) is 0 Å². The fourth-order valence-corrected chi connectivity index (χ4v) is 5.35. The number of carbonyl (C=O) groups is 1. The molecule has 1 fully saturated rings. The van der Waals surface area contributed by atoms with Gasteiger partial charge in [-0.2, -0.15) is 0 Å². The molecule has 1 amide bonds. The average molecular weight is 447 g/mol. The van der Waals surface area contributed by atoms with Crippen molar-refractivity contribution in [3.8, 4) is 0 Å². The molecule has 1 heterocycles. The Balaban J connectivity index is 1.62. The molecule has 0 bridgehead atoms. The first-order valence-electron chi connectivity index (χ1n) is 8.91. The van der Waals surface area contributed by atoms with Crippen molar-refractivity contribution >= 4 is 39.1 Å². The number of hydrogen-bond donors (Lipinski definition) is 1. The van der Waals surface area contributed by atoms with E-state index in [2.05, 4.69) is 4.72 Å². The van der Waals surface area contributed by atoms with Crippen LogP contribution in [0.4, 0.5) is 20.2 Å². The fourth-order valence-electron chi connectivity index (χ4n) is 3.14. The highest BCUT2D eigenvalue weighted by molar-refractivity contribution is 8.00. The van der Waals surface area contributed by atoms with Crippen LogP contribution in [0.25, 0.3) is 0 Å². The van der Waals surface area contributed by atoms with E-state index in [4.69, 9.17) is 0 Å². The number of hydrogen-bond acceptors (Lipinski definition) is 4. The second-order valence-corrected chi connectivity index (χ2v) is 9.34. The Morgan fingerprint density at radius 2 is 1.57 bits per heavy atom. The van der Waals surface area contributed by atoms with Crippen LogP contribution in [0.15, 0.2) is 77.7 Å². The van der Waals surface area contributed by atoms with Gasteiger partial charge in [0.05, 0.1) is 10.6 Å². The zero-order valence-corrected chi connectivity index (χ0v) is 17.1. The Labute approximate surface area is 176 Å². The summed E-state index contributed by atoms with van der Waals surface area (Å²) in [6.45, 7) is 0.